The number of aryl methyl sites for hydroxylation is 1. The molecule has 80 valence electrons. The van der Waals surface area contributed by atoms with Gasteiger partial charge in [0.25, 0.3) is 0 Å². The molecule has 0 atom stereocenters. The summed E-state index contributed by atoms with van der Waals surface area (Å²) >= 11 is 0. The summed E-state index contributed by atoms with van der Waals surface area (Å²) in [6.07, 6.45) is 2.92. The van der Waals surface area contributed by atoms with Crippen LogP contribution < -0.4 is 5.73 Å². The molecule has 0 saturated carbocycles. The smallest absolute Gasteiger partial charge is 0.138 e. The van der Waals surface area contributed by atoms with E-state index in [4.69, 9.17) is 5.73 Å². The minimum atomic E-state index is 0.582. The van der Waals surface area contributed by atoms with E-state index in [2.05, 4.69) is 31.8 Å². The summed E-state index contributed by atoms with van der Waals surface area (Å²) in [6, 6.07) is 4.10. The second-order valence-corrected chi connectivity index (χ2v) is 4.47. The van der Waals surface area contributed by atoms with E-state index in [-0.39, 0.29) is 0 Å². The summed E-state index contributed by atoms with van der Waals surface area (Å²) in [4.78, 5) is 4.55. The number of imidazole rings is 1. The minimum Gasteiger partial charge on any atom is -0.383 e. The van der Waals surface area contributed by atoms with E-state index in [1.807, 2.05) is 16.7 Å². The van der Waals surface area contributed by atoms with Crippen LogP contribution >= 0.6 is 0 Å². The van der Waals surface area contributed by atoms with Gasteiger partial charge < -0.3 is 5.73 Å². The van der Waals surface area contributed by atoms with Crippen molar-refractivity contribution in [2.24, 2.45) is 5.92 Å². The molecule has 0 saturated heterocycles. The van der Waals surface area contributed by atoms with Crippen molar-refractivity contribution in [1.29, 1.82) is 0 Å². The fourth-order valence-electron chi connectivity index (χ4n) is 1.75. The van der Waals surface area contributed by atoms with Crippen molar-refractivity contribution in [3.8, 4) is 0 Å². The van der Waals surface area contributed by atoms with Crippen LogP contribution in [0.1, 0.15) is 25.1 Å². The average molecular weight is 203 g/mol. The van der Waals surface area contributed by atoms with Gasteiger partial charge in [0.05, 0.1) is 5.69 Å². The van der Waals surface area contributed by atoms with Crippen molar-refractivity contribution in [3.63, 3.8) is 0 Å². The van der Waals surface area contributed by atoms with E-state index >= 15 is 0 Å². The molecule has 3 heteroatoms. The number of pyridine rings is 1. The lowest BCUT2D eigenvalue weighted by atomic mass is 10.1. The molecule has 0 radical (unpaired) electrons. The van der Waals surface area contributed by atoms with Crippen molar-refractivity contribution >= 4 is 11.5 Å². The molecule has 0 fully saturated rings. The Morgan fingerprint density at radius 3 is 2.87 bits per heavy atom. The van der Waals surface area contributed by atoms with Crippen LogP contribution in [0.25, 0.3) is 5.65 Å². The Morgan fingerprint density at radius 2 is 2.20 bits per heavy atom. The van der Waals surface area contributed by atoms with E-state index in [9.17, 15) is 0 Å². The third-order valence-electron chi connectivity index (χ3n) is 2.50. The molecule has 3 nitrogen and oxygen atoms in total. The zero-order valence-corrected chi connectivity index (χ0v) is 9.49. The van der Waals surface area contributed by atoms with E-state index in [1.54, 1.807) is 0 Å². The van der Waals surface area contributed by atoms with E-state index in [1.165, 1.54) is 5.56 Å². The van der Waals surface area contributed by atoms with Crippen molar-refractivity contribution in [2.45, 2.75) is 27.2 Å². The fourth-order valence-corrected chi connectivity index (χ4v) is 1.75. The molecular formula is C12H17N3. The average Bonchev–Trinajstić information content (AvgIpc) is 2.42. The number of hydrogen-bond acceptors (Lipinski definition) is 2. The Kier molecular flexibility index (Phi) is 2.39. The Morgan fingerprint density at radius 1 is 1.47 bits per heavy atom. The highest BCUT2D eigenvalue weighted by Crippen LogP contribution is 2.18. The summed E-state index contributed by atoms with van der Waals surface area (Å²) in [5.41, 5.74) is 9.21. The Hall–Kier alpha value is -1.51. The van der Waals surface area contributed by atoms with Crippen molar-refractivity contribution in [1.82, 2.24) is 9.38 Å². The van der Waals surface area contributed by atoms with Gasteiger partial charge in [-0.1, -0.05) is 13.8 Å². The topological polar surface area (TPSA) is 43.3 Å². The number of hydrogen-bond donors (Lipinski definition) is 1. The largest absolute Gasteiger partial charge is 0.383 e. The van der Waals surface area contributed by atoms with Crippen molar-refractivity contribution < 1.29 is 0 Å². The van der Waals surface area contributed by atoms with Crippen LogP contribution in [0.3, 0.4) is 0 Å². The van der Waals surface area contributed by atoms with Gasteiger partial charge >= 0.3 is 0 Å². The molecule has 0 aliphatic rings. The number of nitrogen functional groups attached to an aromatic ring is 1. The second-order valence-electron chi connectivity index (χ2n) is 4.47. The minimum absolute atomic E-state index is 0.582. The maximum absolute atomic E-state index is 6.04. The molecule has 0 spiro atoms. The van der Waals surface area contributed by atoms with Gasteiger partial charge in [0.1, 0.15) is 11.5 Å². The van der Waals surface area contributed by atoms with Crippen LogP contribution in [0.2, 0.25) is 0 Å². The summed E-state index contributed by atoms with van der Waals surface area (Å²) in [6.45, 7) is 6.41. The predicted octanol–water partition coefficient (Wildman–Crippen LogP) is 2.42. The molecule has 2 aromatic rings. The molecule has 0 amide bonds. The highest BCUT2D eigenvalue weighted by Gasteiger charge is 2.10. The van der Waals surface area contributed by atoms with Gasteiger partial charge in [-0.3, -0.25) is 4.40 Å². The zero-order valence-electron chi connectivity index (χ0n) is 9.49. The van der Waals surface area contributed by atoms with Crippen molar-refractivity contribution in [2.75, 3.05) is 5.73 Å². The highest BCUT2D eigenvalue weighted by molar-refractivity contribution is 5.53. The molecule has 15 heavy (non-hydrogen) atoms. The molecule has 2 heterocycles. The summed E-state index contributed by atoms with van der Waals surface area (Å²) in [5, 5.41) is 0. The Balaban J connectivity index is 2.54. The molecule has 2 aromatic heterocycles. The van der Waals surface area contributed by atoms with Crippen LogP contribution in [0.5, 0.6) is 0 Å². The number of fused-ring (bicyclic) bond motifs is 1. The van der Waals surface area contributed by atoms with Gasteiger partial charge in [-0.05, 0) is 37.0 Å². The number of nitrogens with two attached hydrogens (primary N) is 1. The predicted molar refractivity (Wildman–Crippen MR) is 62.9 cm³/mol. The molecule has 0 aliphatic carbocycles. The SMILES string of the molecule is Cc1ccn2c(N)c(CC(C)C)nc2c1. The first-order valence-corrected chi connectivity index (χ1v) is 5.31. The molecule has 0 aliphatic heterocycles. The number of aromatic nitrogens is 2. The Bertz CT molecular complexity index is 483. The van der Waals surface area contributed by atoms with Crippen LogP contribution in [0.15, 0.2) is 18.3 Å². The van der Waals surface area contributed by atoms with Gasteiger partial charge in [0.2, 0.25) is 0 Å². The first-order chi connectivity index (χ1) is 7.08. The monoisotopic (exact) mass is 203 g/mol. The normalized spacial score (nSPS) is 11.5. The Labute approximate surface area is 89.9 Å². The van der Waals surface area contributed by atoms with E-state index < -0.39 is 0 Å². The molecular weight excluding hydrogens is 186 g/mol. The molecule has 0 bridgehead atoms. The maximum atomic E-state index is 6.04. The summed E-state index contributed by atoms with van der Waals surface area (Å²) in [7, 11) is 0. The fraction of sp³-hybridized carbons (Fsp3) is 0.417. The number of anilines is 1. The lowest BCUT2D eigenvalue weighted by molar-refractivity contribution is 0.639. The van der Waals surface area contributed by atoms with Crippen LogP contribution in [-0.4, -0.2) is 9.38 Å². The first-order valence-electron chi connectivity index (χ1n) is 5.31. The molecule has 0 unspecified atom stereocenters. The van der Waals surface area contributed by atoms with Crippen molar-refractivity contribution in [3.05, 3.63) is 29.6 Å². The zero-order chi connectivity index (χ0) is 11.0. The molecule has 2 rings (SSSR count). The third-order valence-corrected chi connectivity index (χ3v) is 2.50. The van der Waals surface area contributed by atoms with E-state index in [0.29, 0.717) is 5.92 Å². The van der Waals surface area contributed by atoms with Gasteiger partial charge in [-0.25, -0.2) is 4.98 Å². The van der Waals surface area contributed by atoms with Gasteiger partial charge in [-0.2, -0.15) is 0 Å². The number of rotatable bonds is 2. The van der Waals surface area contributed by atoms with E-state index in [0.717, 1.165) is 23.6 Å². The van der Waals surface area contributed by atoms with Crippen LogP contribution in [-0.2, 0) is 6.42 Å². The van der Waals surface area contributed by atoms with Gasteiger partial charge in [0.15, 0.2) is 0 Å². The van der Waals surface area contributed by atoms with Crippen LogP contribution in [0, 0.1) is 12.8 Å². The molecule has 0 aromatic carbocycles. The number of nitrogens with zero attached hydrogens (tertiary/aromatic N) is 2. The second kappa shape index (κ2) is 3.57. The lowest BCUT2D eigenvalue weighted by Crippen LogP contribution is -2.00. The maximum Gasteiger partial charge on any atom is 0.138 e. The highest BCUT2D eigenvalue weighted by atomic mass is 15.1. The third kappa shape index (κ3) is 1.82. The van der Waals surface area contributed by atoms with Gasteiger partial charge in [-0.15, -0.1) is 0 Å². The molecule has 2 N–H and O–H groups in total. The van der Waals surface area contributed by atoms with Crippen LogP contribution in [0.4, 0.5) is 5.82 Å². The summed E-state index contributed by atoms with van der Waals surface area (Å²) < 4.78 is 1.95. The first kappa shape index (κ1) is 10.0. The summed E-state index contributed by atoms with van der Waals surface area (Å²) in [5.74, 6) is 1.36. The lowest BCUT2D eigenvalue weighted by Gasteiger charge is -2.01. The standard InChI is InChI=1S/C12H17N3/c1-8(2)6-10-12(13)15-5-4-9(3)7-11(15)14-10/h4-5,7-8H,6,13H2,1-3H3. The van der Waals surface area contributed by atoms with Gasteiger partial charge in [0, 0.05) is 6.20 Å². The quantitative estimate of drug-likeness (QED) is 0.814.